The van der Waals surface area contributed by atoms with Crippen LogP contribution in [0.1, 0.15) is 24.1 Å². The molecule has 5 nitrogen and oxygen atoms in total. The first-order chi connectivity index (χ1) is 12.7. The molecule has 0 radical (unpaired) electrons. The van der Waals surface area contributed by atoms with Crippen molar-refractivity contribution in [3.63, 3.8) is 0 Å². The highest BCUT2D eigenvalue weighted by Gasteiger charge is 2.20. The lowest BCUT2D eigenvalue weighted by Gasteiger charge is -2.33. The van der Waals surface area contributed by atoms with Gasteiger partial charge in [0, 0.05) is 37.2 Å². The number of amides is 1. The number of carbonyl (C=O) groups excluding carboxylic acids is 1. The maximum Gasteiger partial charge on any atom is 0.246 e. The maximum absolute atomic E-state index is 11.9. The number of aromatic nitrogens is 1. The Labute approximate surface area is 155 Å². The zero-order valence-corrected chi connectivity index (χ0v) is 15.4. The number of aryl methyl sites for hydroxylation is 1. The van der Waals surface area contributed by atoms with Crippen LogP contribution < -0.4 is 10.2 Å². The average molecular weight is 353 g/mol. The zero-order chi connectivity index (χ0) is 18.2. The number of piperidine rings is 1. The van der Waals surface area contributed by atoms with Crippen molar-refractivity contribution in [2.45, 2.75) is 26.4 Å². The van der Waals surface area contributed by atoms with Gasteiger partial charge in [0.1, 0.15) is 6.61 Å². The number of ether oxygens (including phenoxy) is 1. The Balaban J connectivity index is 1.32. The van der Waals surface area contributed by atoms with E-state index in [2.05, 4.69) is 27.3 Å². The minimum absolute atomic E-state index is 0.0341. The standard InChI is InChI=1S/C21H27N3O2/c1-17-13-20(7-10-22-17)24-11-8-18(9-12-24)14-23-21(25)16-26-15-19-5-3-2-4-6-19/h2-7,10,13,18H,8-9,11-12,14-16H2,1H3,(H,23,25). The van der Waals surface area contributed by atoms with Crippen LogP contribution in [0.2, 0.25) is 0 Å². The molecule has 0 saturated carbocycles. The molecule has 0 bridgehead atoms. The summed E-state index contributed by atoms with van der Waals surface area (Å²) in [6.07, 6.45) is 4.05. The van der Waals surface area contributed by atoms with E-state index in [9.17, 15) is 4.79 Å². The molecule has 26 heavy (non-hydrogen) atoms. The molecule has 1 fully saturated rings. The molecule has 1 N–H and O–H groups in total. The Morgan fingerprint density at radius 1 is 1.23 bits per heavy atom. The van der Waals surface area contributed by atoms with Gasteiger partial charge in [-0.25, -0.2) is 0 Å². The first-order valence-electron chi connectivity index (χ1n) is 9.26. The fraction of sp³-hybridized carbons (Fsp3) is 0.429. The molecule has 0 unspecified atom stereocenters. The number of nitrogens with zero attached hydrogens (tertiary/aromatic N) is 2. The molecular weight excluding hydrogens is 326 g/mol. The molecule has 2 heterocycles. The molecule has 5 heteroatoms. The van der Waals surface area contributed by atoms with E-state index in [-0.39, 0.29) is 12.5 Å². The Morgan fingerprint density at radius 3 is 2.73 bits per heavy atom. The third kappa shape index (κ3) is 5.56. The van der Waals surface area contributed by atoms with Crippen molar-refractivity contribution in [2.24, 2.45) is 5.92 Å². The SMILES string of the molecule is Cc1cc(N2CCC(CNC(=O)COCc3ccccc3)CC2)ccn1. The second kappa shape index (κ2) is 9.34. The number of hydrogen-bond donors (Lipinski definition) is 1. The van der Waals surface area contributed by atoms with Crippen LogP contribution in [0.15, 0.2) is 48.7 Å². The van der Waals surface area contributed by atoms with Gasteiger partial charge in [-0.3, -0.25) is 9.78 Å². The first-order valence-corrected chi connectivity index (χ1v) is 9.26. The Morgan fingerprint density at radius 2 is 2.00 bits per heavy atom. The molecular formula is C21H27N3O2. The number of hydrogen-bond acceptors (Lipinski definition) is 4. The molecule has 138 valence electrons. The molecule has 0 atom stereocenters. The summed E-state index contributed by atoms with van der Waals surface area (Å²) < 4.78 is 5.48. The molecule has 0 spiro atoms. The van der Waals surface area contributed by atoms with Gasteiger partial charge >= 0.3 is 0 Å². The van der Waals surface area contributed by atoms with Crippen LogP contribution in [0.3, 0.4) is 0 Å². The number of carbonyl (C=O) groups is 1. The van der Waals surface area contributed by atoms with Crippen molar-refractivity contribution < 1.29 is 9.53 Å². The number of anilines is 1. The largest absolute Gasteiger partial charge is 0.371 e. The van der Waals surface area contributed by atoms with E-state index < -0.39 is 0 Å². The molecule has 1 saturated heterocycles. The van der Waals surface area contributed by atoms with E-state index in [0.717, 1.165) is 43.7 Å². The summed E-state index contributed by atoms with van der Waals surface area (Å²) in [6.45, 7) is 5.38. The summed E-state index contributed by atoms with van der Waals surface area (Å²) in [6, 6.07) is 14.1. The van der Waals surface area contributed by atoms with Gasteiger partial charge in [-0.15, -0.1) is 0 Å². The number of benzene rings is 1. The predicted molar refractivity (Wildman–Crippen MR) is 103 cm³/mol. The van der Waals surface area contributed by atoms with Gasteiger partial charge < -0.3 is 15.0 Å². The fourth-order valence-electron chi connectivity index (χ4n) is 3.27. The van der Waals surface area contributed by atoms with Crippen LogP contribution in [0, 0.1) is 12.8 Å². The van der Waals surface area contributed by atoms with Gasteiger partial charge in [0.05, 0.1) is 6.61 Å². The smallest absolute Gasteiger partial charge is 0.246 e. The van der Waals surface area contributed by atoms with Crippen LogP contribution in [0.4, 0.5) is 5.69 Å². The van der Waals surface area contributed by atoms with Crippen molar-refractivity contribution >= 4 is 11.6 Å². The molecule has 2 aromatic rings. The highest BCUT2D eigenvalue weighted by atomic mass is 16.5. The third-order valence-electron chi connectivity index (χ3n) is 4.79. The average Bonchev–Trinajstić information content (AvgIpc) is 2.68. The van der Waals surface area contributed by atoms with Crippen molar-refractivity contribution in [1.29, 1.82) is 0 Å². The molecule has 1 aliphatic rings. The van der Waals surface area contributed by atoms with E-state index in [1.807, 2.05) is 43.5 Å². The second-order valence-corrected chi connectivity index (χ2v) is 6.87. The normalized spacial score (nSPS) is 15.0. The summed E-state index contributed by atoms with van der Waals surface area (Å²) >= 11 is 0. The zero-order valence-electron chi connectivity index (χ0n) is 15.4. The number of pyridine rings is 1. The lowest BCUT2D eigenvalue weighted by molar-refractivity contribution is -0.126. The van der Waals surface area contributed by atoms with E-state index in [1.165, 1.54) is 5.69 Å². The van der Waals surface area contributed by atoms with Crippen LogP contribution in [0.25, 0.3) is 0 Å². The summed E-state index contributed by atoms with van der Waals surface area (Å²) in [7, 11) is 0. The van der Waals surface area contributed by atoms with Crippen molar-refractivity contribution in [3.05, 3.63) is 59.9 Å². The Kier molecular flexibility index (Phi) is 6.61. The Bertz CT molecular complexity index is 697. The highest BCUT2D eigenvalue weighted by Crippen LogP contribution is 2.22. The molecule has 0 aliphatic carbocycles. The van der Waals surface area contributed by atoms with E-state index in [4.69, 9.17) is 4.74 Å². The van der Waals surface area contributed by atoms with Crippen molar-refractivity contribution in [1.82, 2.24) is 10.3 Å². The van der Waals surface area contributed by atoms with Gasteiger partial charge in [0.15, 0.2) is 0 Å². The highest BCUT2D eigenvalue weighted by molar-refractivity contribution is 5.77. The summed E-state index contributed by atoms with van der Waals surface area (Å²) in [5.41, 5.74) is 3.38. The molecule has 1 aromatic carbocycles. The van der Waals surface area contributed by atoms with Crippen LogP contribution in [-0.4, -0.2) is 37.1 Å². The number of rotatable bonds is 7. The van der Waals surface area contributed by atoms with Gasteiger partial charge in [-0.1, -0.05) is 30.3 Å². The molecule has 1 aromatic heterocycles. The van der Waals surface area contributed by atoms with Crippen LogP contribution >= 0.6 is 0 Å². The predicted octanol–water partition coefficient (Wildman–Crippen LogP) is 2.94. The van der Waals surface area contributed by atoms with E-state index in [1.54, 1.807) is 0 Å². The molecule has 3 rings (SSSR count). The van der Waals surface area contributed by atoms with Gasteiger partial charge in [-0.2, -0.15) is 0 Å². The van der Waals surface area contributed by atoms with Gasteiger partial charge in [0.2, 0.25) is 5.91 Å². The number of nitrogens with one attached hydrogen (secondary N) is 1. The summed E-state index contributed by atoms with van der Waals surface area (Å²) in [4.78, 5) is 18.6. The van der Waals surface area contributed by atoms with Gasteiger partial charge in [0.25, 0.3) is 0 Å². The monoisotopic (exact) mass is 353 g/mol. The lowest BCUT2D eigenvalue weighted by Crippen LogP contribution is -2.39. The third-order valence-corrected chi connectivity index (χ3v) is 4.79. The minimum atomic E-state index is -0.0341. The summed E-state index contributed by atoms with van der Waals surface area (Å²) in [5.74, 6) is 0.500. The first kappa shape index (κ1) is 18.4. The van der Waals surface area contributed by atoms with Crippen LogP contribution in [-0.2, 0) is 16.1 Å². The quantitative estimate of drug-likeness (QED) is 0.831. The van der Waals surface area contributed by atoms with Gasteiger partial charge in [-0.05, 0) is 43.4 Å². The fourth-order valence-corrected chi connectivity index (χ4v) is 3.27. The topological polar surface area (TPSA) is 54.5 Å². The minimum Gasteiger partial charge on any atom is -0.371 e. The van der Waals surface area contributed by atoms with Crippen molar-refractivity contribution in [2.75, 3.05) is 31.1 Å². The molecule has 1 aliphatic heterocycles. The van der Waals surface area contributed by atoms with E-state index >= 15 is 0 Å². The van der Waals surface area contributed by atoms with E-state index in [0.29, 0.717) is 12.5 Å². The second-order valence-electron chi connectivity index (χ2n) is 6.87. The van der Waals surface area contributed by atoms with Crippen molar-refractivity contribution in [3.8, 4) is 0 Å². The maximum atomic E-state index is 11.9. The summed E-state index contributed by atoms with van der Waals surface area (Å²) in [5, 5.41) is 3.01. The Hall–Kier alpha value is -2.40. The molecule has 1 amide bonds. The van der Waals surface area contributed by atoms with Crippen LogP contribution in [0.5, 0.6) is 0 Å². The lowest BCUT2D eigenvalue weighted by atomic mass is 9.96.